The molecule has 2 aromatic rings. The first-order valence-corrected chi connectivity index (χ1v) is 10.6. The zero-order chi connectivity index (χ0) is 22.5. The highest BCUT2D eigenvalue weighted by Crippen LogP contribution is 2.27. The SMILES string of the molecule is CCc1nc(C(N)=O)c(Nc2ccc(C(=O)NC)c(C)c2)nc1NC1CCC(O)CC1. The van der Waals surface area contributed by atoms with Crippen LogP contribution in [0.5, 0.6) is 0 Å². The van der Waals surface area contributed by atoms with E-state index < -0.39 is 5.91 Å². The van der Waals surface area contributed by atoms with Crippen LogP contribution in [0.3, 0.4) is 0 Å². The molecule has 1 aliphatic carbocycles. The Balaban J connectivity index is 1.91. The van der Waals surface area contributed by atoms with Crippen LogP contribution in [0.4, 0.5) is 17.3 Å². The molecule has 1 fully saturated rings. The van der Waals surface area contributed by atoms with Gasteiger partial charge in [0.05, 0.1) is 11.8 Å². The summed E-state index contributed by atoms with van der Waals surface area (Å²) in [6.45, 7) is 3.78. The molecule has 0 unspecified atom stereocenters. The summed E-state index contributed by atoms with van der Waals surface area (Å²) in [7, 11) is 1.58. The third kappa shape index (κ3) is 5.29. The van der Waals surface area contributed by atoms with Crippen LogP contribution in [0.25, 0.3) is 0 Å². The topological polar surface area (TPSA) is 142 Å². The molecule has 31 heavy (non-hydrogen) atoms. The molecule has 0 spiro atoms. The number of carbonyl (C=O) groups is 2. The van der Waals surface area contributed by atoms with Gasteiger partial charge in [-0.05, 0) is 62.8 Å². The monoisotopic (exact) mass is 426 g/mol. The summed E-state index contributed by atoms with van der Waals surface area (Å²) in [5, 5.41) is 18.9. The number of hydrogen-bond donors (Lipinski definition) is 5. The minimum atomic E-state index is -0.671. The van der Waals surface area contributed by atoms with Gasteiger partial charge >= 0.3 is 0 Å². The van der Waals surface area contributed by atoms with Crippen molar-refractivity contribution in [1.82, 2.24) is 15.3 Å². The van der Waals surface area contributed by atoms with Crippen molar-refractivity contribution < 1.29 is 14.7 Å². The summed E-state index contributed by atoms with van der Waals surface area (Å²) in [6, 6.07) is 5.44. The smallest absolute Gasteiger partial charge is 0.271 e. The standard InChI is InChI=1S/C22H30N6O3/c1-4-17-20(25-13-5-8-15(29)9-6-13)28-21(18(27-17)19(23)30)26-14-7-10-16(12(2)11-14)22(31)24-3/h7,10-11,13,15,29H,4-6,8-9H2,1-3H3,(H2,23,30)(H,24,31)(H2,25,26,28). The van der Waals surface area contributed by atoms with E-state index in [1.165, 1.54) is 0 Å². The molecular weight excluding hydrogens is 396 g/mol. The number of nitrogens with zero attached hydrogens (tertiary/aromatic N) is 2. The summed E-state index contributed by atoms with van der Waals surface area (Å²) in [5.74, 6) is 0.0269. The molecule has 0 saturated heterocycles. The molecule has 0 atom stereocenters. The molecule has 1 heterocycles. The van der Waals surface area contributed by atoms with Gasteiger partial charge in [-0.15, -0.1) is 0 Å². The maximum atomic E-state index is 12.0. The van der Waals surface area contributed by atoms with Gasteiger partial charge in [-0.3, -0.25) is 9.59 Å². The molecule has 0 bridgehead atoms. The first kappa shape index (κ1) is 22.5. The van der Waals surface area contributed by atoms with Crippen LogP contribution in [0, 0.1) is 6.92 Å². The van der Waals surface area contributed by atoms with Crippen LogP contribution in [-0.4, -0.2) is 46.1 Å². The molecule has 1 saturated carbocycles. The number of nitrogens with two attached hydrogens (primary N) is 1. The van der Waals surface area contributed by atoms with Crippen molar-refractivity contribution in [3.8, 4) is 0 Å². The lowest BCUT2D eigenvalue weighted by atomic mass is 9.93. The molecule has 0 aliphatic heterocycles. The Morgan fingerprint density at radius 3 is 2.45 bits per heavy atom. The Hall–Kier alpha value is -3.20. The zero-order valence-electron chi connectivity index (χ0n) is 18.2. The summed E-state index contributed by atoms with van der Waals surface area (Å²) in [6.07, 6.45) is 3.51. The van der Waals surface area contributed by atoms with Crippen LogP contribution in [-0.2, 0) is 6.42 Å². The van der Waals surface area contributed by atoms with Gasteiger partial charge < -0.3 is 26.8 Å². The van der Waals surface area contributed by atoms with E-state index in [9.17, 15) is 14.7 Å². The first-order valence-electron chi connectivity index (χ1n) is 10.6. The number of amides is 2. The average Bonchev–Trinajstić information content (AvgIpc) is 2.75. The predicted octanol–water partition coefficient (Wildman–Crippen LogP) is 2.26. The highest BCUT2D eigenvalue weighted by Gasteiger charge is 2.23. The quantitative estimate of drug-likeness (QED) is 0.457. The summed E-state index contributed by atoms with van der Waals surface area (Å²) in [4.78, 5) is 33.1. The lowest BCUT2D eigenvalue weighted by Gasteiger charge is -2.27. The van der Waals surface area contributed by atoms with E-state index in [2.05, 4.69) is 25.9 Å². The number of aryl methyl sites for hydroxylation is 2. The van der Waals surface area contributed by atoms with Gasteiger partial charge in [0.2, 0.25) is 0 Å². The minimum Gasteiger partial charge on any atom is -0.393 e. The number of aliphatic hydroxyl groups excluding tert-OH is 1. The Bertz CT molecular complexity index is 970. The first-order chi connectivity index (χ1) is 14.8. The Morgan fingerprint density at radius 1 is 1.16 bits per heavy atom. The highest BCUT2D eigenvalue weighted by atomic mass is 16.3. The number of aromatic nitrogens is 2. The molecule has 1 aliphatic rings. The van der Waals surface area contributed by atoms with Gasteiger partial charge in [0.15, 0.2) is 11.5 Å². The van der Waals surface area contributed by atoms with E-state index >= 15 is 0 Å². The third-order valence-electron chi connectivity index (χ3n) is 5.53. The van der Waals surface area contributed by atoms with E-state index in [-0.39, 0.29) is 29.6 Å². The molecule has 166 valence electrons. The van der Waals surface area contributed by atoms with E-state index in [1.807, 2.05) is 13.8 Å². The van der Waals surface area contributed by atoms with E-state index in [1.54, 1.807) is 25.2 Å². The molecule has 1 aromatic heterocycles. The molecule has 9 nitrogen and oxygen atoms in total. The van der Waals surface area contributed by atoms with Crippen LogP contribution in [0.2, 0.25) is 0 Å². The van der Waals surface area contributed by atoms with Crippen molar-refractivity contribution in [3.63, 3.8) is 0 Å². The number of carbonyl (C=O) groups excluding carboxylic acids is 2. The maximum absolute atomic E-state index is 12.0. The normalized spacial score (nSPS) is 18.3. The number of primary amides is 1. The van der Waals surface area contributed by atoms with Crippen molar-refractivity contribution in [2.75, 3.05) is 17.7 Å². The second-order valence-corrected chi connectivity index (χ2v) is 7.82. The molecule has 6 N–H and O–H groups in total. The Kier molecular flexibility index (Phi) is 7.06. The number of nitrogens with one attached hydrogen (secondary N) is 3. The number of hydrogen-bond acceptors (Lipinski definition) is 7. The summed E-state index contributed by atoms with van der Waals surface area (Å²) >= 11 is 0. The molecule has 0 radical (unpaired) electrons. The van der Waals surface area contributed by atoms with Crippen LogP contribution in [0.15, 0.2) is 18.2 Å². The summed E-state index contributed by atoms with van der Waals surface area (Å²) in [5.41, 5.74) is 8.31. The Labute approximate surface area is 181 Å². The van der Waals surface area contributed by atoms with Crippen molar-refractivity contribution in [1.29, 1.82) is 0 Å². The fraction of sp³-hybridized carbons (Fsp3) is 0.455. The van der Waals surface area contributed by atoms with Crippen molar-refractivity contribution in [2.24, 2.45) is 5.73 Å². The molecular formula is C22H30N6O3. The zero-order valence-corrected chi connectivity index (χ0v) is 18.2. The second-order valence-electron chi connectivity index (χ2n) is 7.82. The van der Waals surface area contributed by atoms with Gasteiger partial charge in [-0.2, -0.15) is 0 Å². The molecule has 3 rings (SSSR count). The van der Waals surface area contributed by atoms with Crippen LogP contribution in [0.1, 0.15) is 64.7 Å². The van der Waals surface area contributed by atoms with Crippen molar-refractivity contribution in [2.45, 2.75) is 58.1 Å². The highest BCUT2D eigenvalue weighted by molar-refractivity contribution is 5.97. The lowest BCUT2D eigenvalue weighted by molar-refractivity contribution is 0.0960. The van der Waals surface area contributed by atoms with Gasteiger partial charge in [-0.1, -0.05) is 6.92 Å². The van der Waals surface area contributed by atoms with Crippen molar-refractivity contribution >= 4 is 29.1 Å². The van der Waals surface area contributed by atoms with Crippen LogP contribution < -0.4 is 21.7 Å². The predicted molar refractivity (Wildman–Crippen MR) is 120 cm³/mol. The average molecular weight is 427 g/mol. The third-order valence-corrected chi connectivity index (χ3v) is 5.53. The summed E-state index contributed by atoms with van der Waals surface area (Å²) < 4.78 is 0. The van der Waals surface area contributed by atoms with E-state index in [4.69, 9.17) is 5.73 Å². The number of aliphatic hydroxyl groups is 1. The number of benzene rings is 1. The molecule has 9 heteroatoms. The largest absolute Gasteiger partial charge is 0.393 e. The number of rotatable bonds is 7. The van der Waals surface area contributed by atoms with Gasteiger partial charge in [-0.25, -0.2) is 9.97 Å². The fourth-order valence-electron chi connectivity index (χ4n) is 3.77. The van der Waals surface area contributed by atoms with E-state index in [0.29, 0.717) is 29.2 Å². The Morgan fingerprint density at radius 2 is 1.87 bits per heavy atom. The fourth-order valence-corrected chi connectivity index (χ4v) is 3.77. The van der Waals surface area contributed by atoms with Crippen LogP contribution >= 0.6 is 0 Å². The molecule has 2 amide bonds. The van der Waals surface area contributed by atoms with E-state index in [0.717, 1.165) is 31.2 Å². The molecule has 1 aromatic carbocycles. The minimum absolute atomic E-state index is 0.0643. The van der Waals surface area contributed by atoms with Gasteiger partial charge in [0, 0.05) is 24.3 Å². The lowest BCUT2D eigenvalue weighted by Crippen LogP contribution is -2.29. The van der Waals surface area contributed by atoms with Gasteiger partial charge in [0.1, 0.15) is 5.82 Å². The van der Waals surface area contributed by atoms with Gasteiger partial charge in [0.25, 0.3) is 11.8 Å². The maximum Gasteiger partial charge on any atom is 0.271 e. The number of anilines is 3. The van der Waals surface area contributed by atoms with Crippen molar-refractivity contribution in [3.05, 3.63) is 40.7 Å². The second kappa shape index (κ2) is 9.74.